The monoisotopic (exact) mass is 431 g/mol. The number of benzene rings is 2. The van der Waals surface area contributed by atoms with Crippen molar-refractivity contribution < 1.29 is 19.0 Å². The average molecular weight is 432 g/mol. The third-order valence-electron chi connectivity index (χ3n) is 4.48. The summed E-state index contributed by atoms with van der Waals surface area (Å²) in [5, 5.41) is 4.71. The average Bonchev–Trinajstić information content (AvgIpc) is 2.75. The van der Waals surface area contributed by atoms with Gasteiger partial charge in [-0.3, -0.25) is 9.69 Å². The second-order valence-corrected chi connectivity index (χ2v) is 7.11. The molecule has 3 rings (SSSR count). The molecule has 0 spiro atoms. The molecular formula is C22H26ClN3O4. The fourth-order valence-electron chi connectivity index (χ4n) is 2.94. The Morgan fingerprint density at radius 1 is 1.20 bits per heavy atom. The largest absolute Gasteiger partial charge is 0.490 e. The molecule has 160 valence electrons. The van der Waals surface area contributed by atoms with Crippen molar-refractivity contribution in [3.8, 4) is 11.5 Å². The van der Waals surface area contributed by atoms with Crippen LogP contribution in [-0.4, -0.2) is 56.5 Å². The van der Waals surface area contributed by atoms with Crippen LogP contribution in [0.1, 0.15) is 18.1 Å². The summed E-state index contributed by atoms with van der Waals surface area (Å²) in [6.07, 6.45) is 1.58. The molecule has 30 heavy (non-hydrogen) atoms. The molecule has 0 aliphatic carbocycles. The van der Waals surface area contributed by atoms with Gasteiger partial charge in [0.15, 0.2) is 11.5 Å². The Kier molecular flexibility index (Phi) is 8.50. The first kappa shape index (κ1) is 22.1. The Balaban J connectivity index is 1.57. The number of carbonyl (C=O) groups excluding carboxylic acids is 1. The van der Waals surface area contributed by atoms with E-state index in [-0.39, 0.29) is 5.91 Å². The van der Waals surface area contributed by atoms with E-state index in [9.17, 15) is 4.79 Å². The number of amides is 1. The third kappa shape index (κ3) is 6.73. The molecule has 0 radical (unpaired) electrons. The van der Waals surface area contributed by atoms with Gasteiger partial charge in [-0.1, -0.05) is 29.8 Å². The van der Waals surface area contributed by atoms with E-state index in [0.717, 1.165) is 24.2 Å². The molecule has 1 amide bonds. The lowest BCUT2D eigenvalue weighted by Gasteiger charge is -2.25. The van der Waals surface area contributed by atoms with Crippen molar-refractivity contribution >= 4 is 23.7 Å². The number of morpholine rings is 1. The number of carbonyl (C=O) groups is 1. The van der Waals surface area contributed by atoms with Crippen LogP contribution in [0.25, 0.3) is 0 Å². The third-order valence-corrected chi connectivity index (χ3v) is 4.85. The van der Waals surface area contributed by atoms with Crippen molar-refractivity contribution in [2.24, 2.45) is 5.10 Å². The zero-order valence-electron chi connectivity index (χ0n) is 17.0. The summed E-state index contributed by atoms with van der Waals surface area (Å²) in [6.45, 7) is 5.87. The minimum absolute atomic E-state index is 0.155. The summed E-state index contributed by atoms with van der Waals surface area (Å²) in [7, 11) is 0. The molecule has 7 nitrogen and oxygen atoms in total. The molecule has 8 heteroatoms. The van der Waals surface area contributed by atoms with Crippen LogP contribution in [0.4, 0.5) is 0 Å². The maximum atomic E-state index is 12.0. The molecule has 2 aromatic rings. The second kappa shape index (κ2) is 11.5. The fraction of sp³-hybridized carbons (Fsp3) is 0.364. The highest BCUT2D eigenvalue weighted by Gasteiger charge is 2.13. The minimum Gasteiger partial charge on any atom is -0.490 e. The Morgan fingerprint density at radius 2 is 2.00 bits per heavy atom. The molecule has 0 aromatic heterocycles. The summed E-state index contributed by atoms with van der Waals surface area (Å²) in [4.78, 5) is 14.0. The fourth-order valence-corrected chi connectivity index (χ4v) is 3.13. The van der Waals surface area contributed by atoms with Crippen molar-refractivity contribution in [2.75, 3.05) is 39.5 Å². The molecule has 0 unspecified atom stereocenters. The van der Waals surface area contributed by atoms with Gasteiger partial charge in [0.05, 0.1) is 32.6 Å². The van der Waals surface area contributed by atoms with E-state index in [1.54, 1.807) is 6.21 Å². The molecule has 0 atom stereocenters. The van der Waals surface area contributed by atoms with Crippen LogP contribution in [0.3, 0.4) is 0 Å². The summed E-state index contributed by atoms with van der Waals surface area (Å²) in [5.41, 5.74) is 4.24. The Bertz CT molecular complexity index is 869. The van der Waals surface area contributed by atoms with Crippen LogP contribution in [-0.2, 0) is 16.1 Å². The van der Waals surface area contributed by atoms with E-state index >= 15 is 0 Å². The van der Waals surface area contributed by atoms with Crippen molar-refractivity contribution in [3.63, 3.8) is 0 Å². The molecule has 1 N–H and O–H groups in total. The van der Waals surface area contributed by atoms with Gasteiger partial charge in [0.2, 0.25) is 0 Å². The van der Waals surface area contributed by atoms with E-state index in [0.29, 0.717) is 49.5 Å². The van der Waals surface area contributed by atoms with Gasteiger partial charge >= 0.3 is 0 Å². The summed E-state index contributed by atoms with van der Waals surface area (Å²) >= 11 is 6.19. The maximum Gasteiger partial charge on any atom is 0.254 e. The lowest BCUT2D eigenvalue weighted by molar-refractivity contribution is -0.123. The standard InChI is InChI=1S/C22H26ClN3O4/c1-2-29-21-13-17(14-24-25-22(27)15-26-9-11-28-12-10-26)7-8-20(21)30-16-18-5-3-4-6-19(18)23/h3-8,13-14H,2,9-12,15-16H2,1H3,(H,25,27)/b24-14-. The van der Waals surface area contributed by atoms with Crippen LogP contribution in [0, 0.1) is 0 Å². The van der Waals surface area contributed by atoms with Crippen molar-refractivity contribution in [3.05, 3.63) is 58.6 Å². The van der Waals surface area contributed by atoms with E-state index in [4.69, 9.17) is 25.8 Å². The quantitative estimate of drug-likeness (QED) is 0.488. The van der Waals surface area contributed by atoms with Gasteiger partial charge in [0.1, 0.15) is 6.61 Å². The van der Waals surface area contributed by atoms with Crippen LogP contribution >= 0.6 is 11.6 Å². The Morgan fingerprint density at radius 3 is 2.77 bits per heavy atom. The Hall–Kier alpha value is -2.61. The summed E-state index contributed by atoms with van der Waals surface area (Å²) in [5.74, 6) is 1.07. The number of rotatable bonds is 9. The van der Waals surface area contributed by atoms with Crippen molar-refractivity contribution in [1.82, 2.24) is 10.3 Å². The van der Waals surface area contributed by atoms with Crippen LogP contribution in [0.5, 0.6) is 11.5 Å². The molecular weight excluding hydrogens is 406 g/mol. The van der Waals surface area contributed by atoms with Crippen LogP contribution in [0.15, 0.2) is 47.6 Å². The molecule has 1 aliphatic heterocycles. The highest BCUT2D eigenvalue weighted by molar-refractivity contribution is 6.31. The van der Waals surface area contributed by atoms with Crippen LogP contribution in [0.2, 0.25) is 5.02 Å². The van der Waals surface area contributed by atoms with E-state index in [2.05, 4.69) is 10.5 Å². The Labute approximate surface area is 181 Å². The SMILES string of the molecule is CCOc1cc(/C=N\NC(=O)CN2CCOCC2)ccc1OCc1ccccc1Cl. The topological polar surface area (TPSA) is 72.4 Å². The number of hydrogen-bond acceptors (Lipinski definition) is 6. The van der Waals surface area contributed by atoms with Gasteiger partial charge in [0, 0.05) is 23.7 Å². The summed E-state index contributed by atoms with van der Waals surface area (Å²) in [6, 6.07) is 13.0. The first-order chi connectivity index (χ1) is 14.7. The van der Waals surface area contributed by atoms with Gasteiger partial charge in [-0.05, 0) is 36.8 Å². The number of ether oxygens (including phenoxy) is 3. The lowest BCUT2D eigenvalue weighted by Crippen LogP contribution is -2.42. The number of nitrogens with zero attached hydrogens (tertiary/aromatic N) is 2. The highest BCUT2D eigenvalue weighted by atomic mass is 35.5. The molecule has 1 aliphatic rings. The zero-order chi connectivity index (χ0) is 21.2. The summed E-state index contributed by atoms with van der Waals surface area (Å²) < 4.78 is 16.9. The van der Waals surface area contributed by atoms with E-state index in [1.807, 2.05) is 54.3 Å². The maximum absolute atomic E-state index is 12.0. The number of halogens is 1. The molecule has 0 saturated carbocycles. The zero-order valence-corrected chi connectivity index (χ0v) is 17.7. The van der Waals surface area contributed by atoms with Gasteiger partial charge in [0.25, 0.3) is 5.91 Å². The molecule has 2 aromatic carbocycles. The normalized spacial score (nSPS) is 14.6. The second-order valence-electron chi connectivity index (χ2n) is 6.70. The van der Waals surface area contributed by atoms with Gasteiger partial charge < -0.3 is 14.2 Å². The molecule has 1 heterocycles. The molecule has 1 fully saturated rings. The van der Waals surface area contributed by atoms with Gasteiger partial charge in [-0.2, -0.15) is 5.10 Å². The van der Waals surface area contributed by atoms with Gasteiger partial charge in [-0.25, -0.2) is 5.43 Å². The lowest BCUT2D eigenvalue weighted by atomic mass is 10.2. The number of hydrogen-bond donors (Lipinski definition) is 1. The molecule has 1 saturated heterocycles. The first-order valence-corrected chi connectivity index (χ1v) is 10.3. The minimum atomic E-state index is -0.155. The smallest absolute Gasteiger partial charge is 0.254 e. The number of hydrazone groups is 1. The molecule has 0 bridgehead atoms. The highest BCUT2D eigenvalue weighted by Crippen LogP contribution is 2.29. The van der Waals surface area contributed by atoms with E-state index < -0.39 is 0 Å². The predicted octanol–water partition coefficient (Wildman–Crippen LogP) is 3.10. The number of nitrogens with one attached hydrogen (secondary N) is 1. The first-order valence-electron chi connectivity index (χ1n) is 9.90. The van der Waals surface area contributed by atoms with Crippen molar-refractivity contribution in [2.45, 2.75) is 13.5 Å². The predicted molar refractivity (Wildman–Crippen MR) is 116 cm³/mol. The van der Waals surface area contributed by atoms with Crippen molar-refractivity contribution in [1.29, 1.82) is 0 Å². The van der Waals surface area contributed by atoms with E-state index in [1.165, 1.54) is 0 Å². The van der Waals surface area contributed by atoms with Crippen LogP contribution < -0.4 is 14.9 Å². The van der Waals surface area contributed by atoms with Gasteiger partial charge in [-0.15, -0.1) is 0 Å².